The lowest BCUT2D eigenvalue weighted by Crippen LogP contribution is -1.86. The molecule has 2 heteroatoms. The highest BCUT2D eigenvalue weighted by molar-refractivity contribution is 6.63. The molecule has 0 aromatic heterocycles. The zero-order valence-electron chi connectivity index (χ0n) is 17.4. The lowest BCUT2D eigenvalue weighted by molar-refractivity contribution is -0.111. The van der Waals surface area contributed by atoms with Crippen molar-refractivity contribution in [2.24, 2.45) is 0 Å². The summed E-state index contributed by atoms with van der Waals surface area (Å²) in [6.07, 6.45) is 29.8. The number of carbonyl (C=O) groups is 1. The molecule has 0 bridgehead atoms. The van der Waals surface area contributed by atoms with Gasteiger partial charge in [-0.25, -0.2) is 0 Å². The predicted octanol–water partition coefficient (Wildman–Crippen LogP) is 9.13. The van der Waals surface area contributed by atoms with E-state index in [-0.39, 0.29) is 5.24 Å². The number of halogens is 1. The lowest BCUT2D eigenvalue weighted by Gasteiger charge is -2.04. The van der Waals surface area contributed by atoms with E-state index < -0.39 is 0 Å². The largest absolute Gasteiger partial charge is 0.281 e. The van der Waals surface area contributed by atoms with Gasteiger partial charge in [0, 0.05) is 6.42 Å². The lowest BCUT2D eigenvalue weighted by atomic mass is 10.0. The quantitative estimate of drug-likeness (QED) is 0.103. The van der Waals surface area contributed by atoms with E-state index in [1.165, 1.54) is 116 Å². The van der Waals surface area contributed by atoms with E-state index in [9.17, 15) is 4.79 Å². The molecule has 0 atom stereocenters. The van der Waals surface area contributed by atoms with Crippen molar-refractivity contribution in [2.45, 2.75) is 135 Å². The van der Waals surface area contributed by atoms with Crippen molar-refractivity contribution in [3.05, 3.63) is 12.7 Å². The smallest absolute Gasteiger partial charge is 0.221 e. The molecular weight excluding hydrogens is 340 g/mol. The van der Waals surface area contributed by atoms with E-state index >= 15 is 0 Å². The van der Waals surface area contributed by atoms with Crippen molar-refractivity contribution in [1.82, 2.24) is 0 Å². The van der Waals surface area contributed by atoms with Crippen LogP contribution < -0.4 is 0 Å². The summed E-state index contributed by atoms with van der Waals surface area (Å²) in [7, 11) is 0. The maximum atomic E-state index is 10.6. The first-order chi connectivity index (χ1) is 12.8. The van der Waals surface area contributed by atoms with Gasteiger partial charge in [0.25, 0.3) is 0 Å². The van der Waals surface area contributed by atoms with Crippen LogP contribution in [0.15, 0.2) is 12.7 Å². The van der Waals surface area contributed by atoms with Gasteiger partial charge in [0.15, 0.2) is 0 Å². The number of rotatable bonds is 22. The Morgan fingerprint density at radius 1 is 0.538 bits per heavy atom. The maximum Gasteiger partial charge on any atom is 0.221 e. The van der Waals surface area contributed by atoms with Crippen LogP contribution in [0.3, 0.4) is 0 Å². The Labute approximate surface area is 169 Å². The third-order valence-electron chi connectivity index (χ3n) is 5.28. The molecule has 0 rings (SSSR count). The molecule has 0 fully saturated rings. The Morgan fingerprint density at radius 3 is 1.08 bits per heavy atom. The highest BCUT2D eigenvalue weighted by Gasteiger charge is 1.97. The molecule has 0 aromatic rings. The molecule has 0 radical (unpaired) electrons. The molecular formula is C24H45ClO. The Morgan fingerprint density at radius 2 is 0.808 bits per heavy atom. The standard InChI is InChI=1S/C24H45ClO/c1-2-3-4-5-6-7-8-9-10-11-12-13-14-15-16-17-18-19-20-21-22-23-24(25)26/h2H,1,3-23H2. The molecule has 0 amide bonds. The van der Waals surface area contributed by atoms with Gasteiger partial charge in [-0.05, 0) is 30.9 Å². The topological polar surface area (TPSA) is 17.1 Å². The van der Waals surface area contributed by atoms with Gasteiger partial charge in [0.2, 0.25) is 5.24 Å². The number of allylic oxidation sites excluding steroid dienone is 1. The normalized spacial score (nSPS) is 11.0. The second kappa shape index (κ2) is 22.7. The molecule has 0 saturated carbocycles. The second-order valence-electron chi connectivity index (χ2n) is 7.90. The molecule has 154 valence electrons. The number of unbranched alkanes of at least 4 members (excludes halogenated alkanes) is 19. The Balaban J connectivity index is 2.99. The zero-order chi connectivity index (χ0) is 19.1. The van der Waals surface area contributed by atoms with Crippen LogP contribution in [0.1, 0.15) is 135 Å². The first-order valence-electron chi connectivity index (χ1n) is 11.6. The van der Waals surface area contributed by atoms with Gasteiger partial charge in [0.05, 0.1) is 0 Å². The van der Waals surface area contributed by atoms with Crippen molar-refractivity contribution in [1.29, 1.82) is 0 Å². The van der Waals surface area contributed by atoms with Crippen LogP contribution in [0.2, 0.25) is 0 Å². The molecule has 0 saturated heterocycles. The molecule has 0 unspecified atom stereocenters. The summed E-state index contributed by atoms with van der Waals surface area (Å²) in [6.45, 7) is 3.77. The van der Waals surface area contributed by atoms with Crippen LogP contribution in [-0.4, -0.2) is 5.24 Å². The van der Waals surface area contributed by atoms with Crippen LogP contribution in [-0.2, 0) is 4.79 Å². The Hall–Kier alpha value is -0.300. The van der Waals surface area contributed by atoms with Gasteiger partial charge < -0.3 is 0 Å². The van der Waals surface area contributed by atoms with E-state index in [0.717, 1.165) is 12.8 Å². The van der Waals surface area contributed by atoms with Gasteiger partial charge in [0.1, 0.15) is 0 Å². The third-order valence-corrected chi connectivity index (χ3v) is 5.47. The zero-order valence-corrected chi connectivity index (χ0v) is 18.2. The Kier molecular flexibility index (Phi) is 22.5. The fraction of sp³-hybridized carbons (Fsp3) is 0.875. The van der Waals surface area contributed by atoms with E-state index in [4.69, 9.17) is 11.6 Å². The Bertz CT molecular complexity index is 301. The average molecular weight is 385 g/mol. The molecule has 0 heterocycles. The van der Waals surface area contributed by atoms with Crippen molar-refractivity contribution in [3.8, 4) is 0 Å². The van der Waals surface area contributed by atoms with Crippen molar-refractivity contribution >= 4 is 16.8 Å². The maximum absolute atomic E-state index is 10.6. The highest BCUT2D eigenvalue weighted by Crippen LogP contribution is 2.15. The number of hydrogen-bond donors (Lipinski definition) is 0. The van der Waals surface area contributed by atoms with E-state index in [2.05, 4.69) is 6.58 Å². The SMILES string of the molecule is C=CCCCCCCCCCCCCCCCCCCCCCC(=O)Cl. The first kappa shape index (κ1) is 25.7. The number of carbonyl (C=O) groups excluding carboxylic acids is 1. The highest BCUT2D eigenvalue weighted by atomic mass is 35.5. The summed E-state index contributed by atoms with van der Waals surface area (Å²) in [5.74, 6) is 0. The van der Waals surface area contributed by atoms with Crippen LogP contribution in [0, 0.1) is 0 Å². The van der Waals surface area contributed by atoms with Gasteiger partial charge in [-0.2, -0.15) is 0 Å². The van der Waals surface area contributed by atoms with Crippen LogP contribution in [0.4, 0.5) is 0 Å². The first-order valence-corrected chi connectivity index (χ1v) is 11.9. The minimum Gasteiger partial charge on any atom is -0.281 e. The number of hydrogen-bond acceptors (Lipinski definition) is 1. The van der Waals surface area contributed by atoms with Crippen molar-refractivity contribution in [2.75, 3.05) is 0 Å². The van der Waals surface area contributed by atoms with Gasteiger partial charge >= 0.3 is 0 Å². The molecule has 0 aliphatic carbocycles. The van der Waals surface area contributed by atoms with E-state index in [0.29, 0.717) is 6.42 Å². The minimum atomic E-state index is -0.181. The minimum absolute atomic E-state index is 0.181. The van der Waals surface area contributed by atoms with Gasteiger partial charge in [-0.3, -0.25) is 4.79 Å². The molecule has 1 nitrogen and oxygen atoms in total. The predicted molar refractivity (Wildman–Crippen MR) is 118 cm³/mol. The summed E-state index contributed by atoms with van der Waals surface area (Å²) < 4.78 is 0. The molecule has 0 aromatic carbocycles. The van der Waals surface area contributed by atoms with E-state index in [1.54, 1.807) is 0 Å². The summed E-state index contributed by atoms with van der Waals surface area (Å²) in [6, 6.07) is 0. The third kappa shape index (κ3) is 23.7. The summed E-state index contributed by atoms with van der Waals surface area (Å²) >= 11 is 5.33. The van der Waals surface area contributed by atoms with Crippen LogP contribution >= 0.6 is 11.6 Å². The fourth-order valence-corrected chi connectivity index (χ4v) is 3.69. The molecule has 0 aliphatic heterocycles. The van der Waals surface area contributed by atoms with E-state index in [1.807, 2.05) is 6.08 Å². The molecule has 0 N–H and O–H groups in total. The monoisotopic (exact) mass is 384 g/mol. The fourth-order valence-electron chi connectivity index (χ4n) is 3.56. The van der Waals surface area contributed by atoms with Crippen LogP contribution in [0.25, 0.3) is 0 Å². The van der Waals surface area contributed by atoms with Gasteiger partial charge in [-0.1, -0.05) is 115 Å². The van der Waals surface area contributed by atoms with Crippen LogP contribution in [0.5, 0.6) is 0 Å². The summed E-state index contributed by atoms with van der Waals surface area (Å²) in [5.41, 5.74) is 0. The second-order valence-corrected chi connectivity index (χ2v) is 8.32. The molecule has 0 aliphatic rings. The van der Waals surface area contributed by atoms with Gasteiger partial charge in [-0.15, -0.1) is 6.58 Å². The van der Waals surface area contributed by atoms with Crippen molar-refractivity contribution in [3.63, 3.8) is 0 Å². The summed E-state index contributed by atoms with van der Waals surface area (Å²) in [5, 5.41) is -0.181. The molecule has 26 heavy (non-hydrogen) atoms. The molecule has 0 spiro atoms. The average Bonchev–Trinajstić information content (AvgIpc) is 2.62. The summed E-state index contributed by atoms with van der Waals surface area (Å²) in [4.78, 5) is 10.6. The van der Waals surface area contributed by atoms with Crippen molar-refractivity contribution < 1.29 is 4.79 Å².